The molecule has 1 heterocycles. The van der Waals surface area contributed by atoms with Crippen molar-refractivity contribution in [1.29, 1.82) is 0 Å². The van der Waals surface area contributed by atoms with Crippen LogP contribution in [0.1, 0.15) is 21.6 Å². The first-order valence-electron chi connectivity index (χ1n) is 9.09. The molecule has 29 heavy (non-hydrogen) atoms. The first-order chi connectivity index (χ1) is 13.8. The molecule has 152 valence electrons. The molecule has 0 aliphatic heterocycles. The number of ketones is 1. The molecule has 0 aliphatic rings. The van der Waals surface area contributed by atoms with Crippen molar-refractivity contribution in [1.82, 2.24) is 24.8 Å². The zero-order valence-corrected chi connectivity index (χ0v) is 18.4. The van der Waals surface area contributed by atoms with Crippen molar-refractivity contribution in [3.63, 3.8) is 0 Å². The third kappa shape index (κ3) is 4.85. The summed E-state index contributed by atoms with van der Waals surface area (Å²) in [6.07, 6.45) is 0. The van der Waals surface area contributed by atoms with Gasteiger partial charge in [0, 0.05) is 28.3 Å². The fourth-order valence-corrected chi connectivity index (χ4v) is 3.51. The van der Waals surface area contributed by atoms with Crippen molar-refractivity contribution in [3.05, 3.63) is 69.3 Å². The first-order valence-corrected chi connectivity index (χ1v) is 9.84. The van der Waals surface area contributed by atoms with Gasteiger partial charge in [-0.05, 0) is 52.5 Å². The van der Waals surface area contributed by atoms with Crippen molar-refractivity contribution < 1.29 is 4.79 Å². The van der Waals surface area contributed by atoms with E-state index in [0.717, 1.165) is 17.0 Å². The van der Waals surface area contributed by atoms with Crippen molar-refractivity contribution in [2.45, 2.75) is 13.2 Å². The van der Waals surface area contributed by atoms with Gasteiger partial charge in [-0.15, -0.1) is 5.10 Å². The Morgan fingerprint density at radius 2 is 1.72 bits per heavy atom. The highest BCUT2D eigenvalue weighted by atomic mass is 35.5. The smallest absolute Gasteiger partial charge is 0.195 e. The maximum atomic E-state index is 13.4. The van der Waals surface area contributed by atoms with Crippen LogP contribution in [0.25, 0.3) is 11.3 Å². The molecule has 0 aliphatic carbocycles. The van der Waals surface area contributed by atoms with E-state index in [9.17, 15) is 4.79 Å². The van der Waals surface area contributed by atoms with E-state index in [-0.39, 0.29) is 5.78 Å². The number of aromatic nitrogens is 3. The van der Waals surface area contributed by atoms with Gasteiger partial charge in [-0.2, -0.15) is 0 Å². The second-order valence-corrected chi connectivity index (χ2v) is 8.19. The minimum atomic E-state index is -0.193. The topological polar surface area (TPSA) is 54.3 Å². The normalized spacial score (nSPS) is 11.4. The summed E-state index contributed by atoms with van der Waals surface area (Å²) in [5, 5.41) is 9.58. The second-order valence-electron chi connectivity index (χ2n) is 7.34. The molecular weight excluding hydrogens is 409 g/mol. The van der Waals surface area contributed by atoms with E-state index in [1.807, 2.05) is 44.1 Å². The maximum Gasteiger partial charge on any atom is 0.195 e. The summed E-state index contributed by atoms with van der Waals surface area (Å²) in [6, 6.07) is 12.3. The molecule has 0 saturated carbocycles. The molecule has 0 bridgehead atoms. The molecule has 6 nitrogen and oxygen atoms in total. The summed E-state index contributed by atoms with van der Waals surface area (Å²) < 4.78 is 1.80. The molecule has 0 saturated heterocycles. The molecule has 0 unspecified atom stereocenters. The lowest BCUT2D eigenvalue weighted by atomic mass is 9.95. The van der Waals surface area contributed by atoms with Gasteiger partial charge in [0.25, 0.3) is 0 Å². The highest BCUT2D eigenvalue weighted by molar-refractivity contribution is 6.35. The van der Waals surface area contributed by atoms with E-state index in [1.54, 1.807) is 41.1 Å². The minimum Gasteiger partial charge on any atom is -0.303 e. The van der Waals surface area contributed by atoms with E-state index < -0.39 is 0 Å². The molecule has 3 aromatic rings. The van der Waals surface area contributed by atoms with Gasteiger partial charge in [0.2, 0.25) is 0 Å². The number of hydrogen-bond donors (Lipinski definition) is 0. The van der Waals surface area contributed by atoms with Crippen molar-refractivity contribution in [2.75, 3.05) is 28.2 Å². The Morgan fingerprint density at radius 3 is 2.38 bits per heavy atom. The molecule has 0 atom stereocenters. The highest BCUT2D eigenvalue weighted by Crippen LogP contribution is 2.32. The van der Waals surface area contributed by atoms with Gasteiger partial charge in [0.1, 0.15) is 5.69 Å². The van der Waals surface area contributed by atoms with Gasteiger partial charge >= 0.3 is 0 Å². The van der Waals surface area contributed by atoms with Crippen LogP contribution in [-0.2, 0) is 13.2 Å². The van der Waals surface area contributed by atoms with Crippen LogP contribution >= 0.6 is 23.2 Å². The fraction of sp³-hybridized carbons (Fsp3) is 0.286. The first kappa shape index (κ1) is 21.5. The standard InChI is InChI=1S/C21H23Cl2N5O/c1-26(2)12-19-20(28(25-24-19)13-27(3)4)15-10-9-14(22)11-17(15)21(29)16-7-5-6-8-18(16)23/h5-11H,12-13H2,1-4H3. The van der Waals surface area contributed by atoms with E-state index in [1.165, 1.54) is 0 Å². The predicted octanol–water partition coefficient (Wildman–Crippen LogP) is 4.06. The molecule has 0 N–H and O–H groups in total. The summed E-state index contributed by atoms with van der Waals surface area (Å²) in [5.74, 6) is -0.193. The zero-order valence-electron chi connectivity index (χ0n) is 16.9. The van der Waals surface area contributed by atoms with Gasteiger partial charge in [0.15, 0.2) is 5.78 Å². The lowest BCUT2D eigenvalue weighted by molar-refractivity contribution is 0.103. The zero-order chi connectivity index (χ0) is 21.1. The van der Waals surface area contributed by atoms with Crippen molar-refractivity contribution in [3.8, 4) is 11.3 Å². The van der Waals surface area contributed by atoms with Gasteiger partial charge in [-0.25, -0.2) is 4.68 Å². The predicted molar refractivity (Wildman–Crippen MR) is 116 cm³/mol. The number of nitrogens with zero attached hydrogens (tertiary/aromatic N) is 5. The third-order valence-electron chi connectivity index (χ3n) is 4.29. The molecule has 0 radical (unpaired) electrons. The van der Waals surface area contributed by atoms with Gasteiger partial charge in [-0.3, -0.25) is 9.69 Å². The molecule has 0 spiro atoms. The van der Waals surface area contributed by atoms with Crippen LogP contribution in [0.4, 0.5) is 0 Å². The van der Waals surface area contributed by atoms with E-state index >= 15 is 0 Å². The van der Waals surface area contributed by atoms with Crippen LogP contribution in [0.2, 0.25) is 10.0 Å². The van der Waals surface area contributed by atoms with Crippen molar-refractivity contribution in [2.24, 2.45) is 0 Å². The van der Waals surface area contributed by atoms with Gasteiger partial charge < -0.3 is 4.90 Å². The number of rotatable bonds is 7. The van der Waals surface area contributed by atoms with E-state index in [2.05, 4.69) is 10.3 Å². The number of carbonyl (C=O) groups is 1. The Hall–Kier alpha value is -2.25. The fourth-order valence-electron chi connectivity index (χ4n) is 3.12. The molecule has 1 aromatic heterocycles. The Kier molecular flexibility index (Phi) is 6.70. The highest BCUT2D eigenvalue weighted by Gasteiger charge is 2.23. The summed E-state index contributed by atoms with van der Waals surface area (Å²) in [4.78, 5) is 17.4. The Balaban J connectivity index is 2.21. The molecule has 0 fully saturated rings. The molecule has 3 rings (SSSR count). The summed E-state index contributed by atoms with van der Waals surface area (Å²) in [6.45, 7) is 1.11. The summed E-state index contributed by atoms with van der Waals surface area (Å²) in [7, 11) is 7.84. The van der Waals surface area contributed by atoms with Crippen LogP contribution in [0, 0.1) is 0 Å². The average Bonchev–Trinajstić information content (AvgIpc) is 3.02. The monoisotopic (exact) mass is 431 g/mol. The van der Waals surface area contributed by atoms with Crippen LogP contribution in [0.3, 0.4) is 0 Å². The second kappa shape index (κ2) is 9.05. The van der Waals surface area contributed by atoms with Gasteiger partial charge in [0.05, 0.1) is 17.4 Å². The third-order valence-corrected chi connectivity index (χ3v) is 4.85. The van der Waals surface area contributed by atoms with E-state index in [4.69, 9.17) is 23.2 Å². The van der Waals surface area contributed by atoms with Crippen LogP contribution < -0.4 is 0 Å². The minimum absolute atomic E-state index is 0.193. The Labute approximate surface area is 180 Å². The molecular formula is C21H23Cl2N5O. The Morgan fingerprint density at radius 1 is 1.00 bits per heavy atom. The Bertz CT molecular complexity index is 1000. The molecule has 0 amide bonds. The van der Waals surface area contributed by atoms with Crippen molar-refractivity contribution >= 4 is 29.0 Å². The SMILES string of the molecule is CN(C)Cc1nnn(CN(C)C)c1-c1ccc(Cl)cc1C(=O)c1ccccc1Cl. The lowest BCUT2D eigenvalue weighted by Gasteiger charge is -2.17. The molecule has 8 heteroatoms. The number of hydrogen-bond acceptors (Lipinski definition) is 5. The number of halogens is 2. The average molecular weight is 432 g/mol. The van der Waals surface area contributed by atoms with Crippen LogP contribution in [-0.4, -0.2) is 58.8 Å². The largest absolute Gasteiger partial charge is 0.303 e. The number of carbonyl (C=O) groups excluding carboxylic acids is 1. The van der Waals surface area contributed by atoms with Crippen LogP contribution in [0.15, 0.2) is 42.5 Å². The number of benzene rings is 2. The summed E-state index contributed by atoms with van der Waals surface area (Å²) in [5.41, 5.74) is 3.20. The molecule has 2 aromatic carbocycles. The van der Waals surface area contributed by atoms with Crippen LogP contribution in [0.5, 0.6) is 0 Å². The lowest BCUT2D eigenvalue weighted by Crippen LogP contribution is -2.20. The van der Waals surface area contributed by atoms with E-state index in [0.29, 0.717) is 34.4 Å². The quantitative estimate of drug-likeness (QED) is 0.527. The van der Waals surface area contributed by atoms with Gasteiger partial charge in [-0.1, -0.05) is 46.6 Å². The maximum absolute atomic E-state index is 13.4. The summed E-state index contributed by atoms with van der Waals surface area (Å²) >= 11 is 12.5.